The van der Waals surface area contributed by atoms with E-state index in [1.54, 1.807) is 13.0 Å². The Morgan fingerprint density at radius 2 is 1.88 bits per heavy atom. The van der Waals surface area contributed by atoms with Crippen molar-refractivity contribution in [2.24, 2.45) is 0 Å². The van der Waals surface area contributed by atoms with Gasteiger partial charge in [0.1, 0.15) is 5.82 Å². The van der Waals surface area contributed by atoms with E-state index in [0.29, 0.717) is 17.1 Å². The van der Waals surface area contributed by atoms with Gasteiger partial charge in [-0.05, 0) is 38.0 Å². The lowest BCUT2D eigenvalue weighted by Gasteiger charge is -2.29. The number of rotatable bonds is 3. The molecule has 1 aliphatic carbocycles. The van der Waals surface area contributed by atoms with Crippen LogP contribution >= 0.6 is 11.6 Å². The van der Waals surface area contributed by atoms with Crippen LogP contribution in [0.3, 0.4) is 0 Å². The number of benzene rings is 1. The Balaban J connectivity index is 1.81. The van der Waals surface area contributed by atoms with Gasteiger partial charge < -0.3 is 4.90 Å². The van der Waals surface area contributed by atoms with Crippen LogP contribution in [-0.2, 0) is 0 Å². The summed E-state index contributed by atoms with van der Waals surface area (Å²) in [6.45, 7) is 1.79. The maximum atomic E-state index is 13.4. The molecule has 0 unspecified atom stereocenters. The SMILES string of the molecule is Cc1c(C(=O)N(C)C2CCCCCCC2)nnn1-c1ccc(F)c(Cl)c1. The first-order chi connectivity index (χ1) is 12.5. The van der Waals surface area contributed by atoms with Gasteiger partial charge in [0.05, 0.1) is 16.4 Å². The van der Waals surface area contributed by atoms with Crippen LogP contribution in [0.5, 0.6) is 0 Å². The minimum absolute atomic E-state index is 0.0110. The van der Waals surface area contributed by atoms with Crippen LogP contribution in [0.4, 0.5) is 4.39 Å². The molecule has 1 aromatic carbocycles. The van der Waals surface area contributed by atoms with Crippen LogP contribution in [0.1, 0.15) is 61.1 Å². The Bertz CT molecular complexity index is 784. The first-order valence-electron chi connectivity index (χ1n) is 9.14. The van der Waals surface area contributed by atoms with Crippen LogP contribution in [0.2, 0.25) is 5.02 Å². The van der Waals surface area contributed by atoms with Gasteiger partial charge in [0.2, 0.25) is 0 Å². The Hall–Kier alpha value is -1.95. The number of hydrogen-bond acceptors (Lipinski definition) is 3. The Kier molecular flexibility index (Phi) is 5.91. The second-order valence-electron chi connectivity index (χ2n) is 6.95. The zero-order valence-corrected chi connectivity index (χ0v) is 16.0. The topological polar surface area (TPSA) is 51.0 Å². The predicted molar refractivity (Wildman–Crippen MR) is 99.3 cm³/mol. The minimum atomic E-state index is -0.492. The third-order valence-corrected chi connectivity index (χ3v) is 5.48. The Morgan fingerprint density at radius 3 is 2.54 bits per heavy atom. The van der Waals surface area contributed by atoms with Gasteiger partial charge in [-0.3, -0.25) is 4.79 Å². The average Bonchev–Trinajstić information content (AvgIpc) is 2.97. The molecule has 1 aliphatic rings. The van der Waals surface area contributed by atoms with Crippen molar-refractivity contribution in [3.8, 4) is 5.69 Å². The van der Waals surface area contributed by atoms with Gasteiger partial charge in [0.15, 0.2) is 5.69 Å². The van der Waals surface area contributed by atoms with E-state index in [0.717, 1.165) is 25.7 Å². The lowest BCUT2D eigenvalue weighted by atomic mass is 9.95. The predicted octanol–water partition coefficient (Wildman–Crippen LogP) is 4.55. The van der Waals surface area contributed by atoms with E-state index in [9.17, 15) is 9.18 Å². The molecule has 0 radical (unpaired) electrons. The van der Waals surface area contributed by atoms with E-state index in [1.807, 2.05) is 11.9 Å². The number of halogens is 2. The lowest BCUT2D eigenvalue weighted by Crippen LogP contribution is -2.38. The smallest absolute Gasteiger partial charge is 0.276 e. The fraction of sp³-hybridized carbons (Fsp3) is 0.526. The normalized spacial score (nSPS) is 16.2. The van der Waals surface area contributed by atoms with Gasteiger partial charge in [-0.2, -0.15) is 0 Å². The molecule has 1 amide bonds. The largest absolute Gasteiger partial charge is 0.337 e. The van der Waals surface area contributed by atoms with Crippen molar-refractivity contribution in [1.29, 1.82) is 0 Å². The highest BCUT2D eigenvalue weighted by molar-refractivity contribution is 6.30. The fourth-order valence-electron chi connectivity index (χ4n) is 3.54. The zero-order chi connectivity index (χ0) is 18.7. The molecule has 5 nitrogen and oxygen atoms in total. The van der Waals surface area contributed by atoms with Crippen LogP contribution < -0.4 is 0 Å². The molecule has 1 aromatic heterocycles. The number of carbonyl (C=O) groups is 1. The third-order valence-electron chi connectivity index (χ3n) is 5.19. The van der Waals surface area contributed by atoms with Crippen molar-refractivity contribution in [3.63, 3.8) is 0 Å². The standard InChI is InChI=1S/C19H24ClFN4O/c1-13-18(19(26)24(2)14-8-6-4-3-5-7-9-14)22-23-25(13)15-10-11-17(21)16(20)12-15/h10-12,14H,3-9H2,1-2H3. The second-order valence-corrected chi connectivity index (χ2v) is 7.36. The Labute approximate surface area is 158 Å². The number of amides is 1. The number of aromatic nitrogens is 3. The summed E-state index contributed by atoms with van der Waals surface area (Å²) in [6.07, 6.45) is 8.13. The maximum Gasteiger partial charge on any atom is 0.276 e. The molecule has 0 N–H and O–H groups in total. The summed E-state index contributed by atoms with van der Waals surface area (Å²) in [7, 11) is 1.85. The Morgan fingerprint density at radius 1 is 1.23 bits per heavy atom. The van der Waals surface area contributed by atoms with Gasteiger partial charge >= 0.3 is 0 Å². The average molecular weight is 379 g/mol. The number of nitrogens with zero attached hydrogens (tertiary/aromatic N) is 4. The van der Waals surface area contributed by atoms with Crippen molar-refractivity contribution in [2.75, 3.05) is 7.05 Å². The van der Waals surface area contributed by atoms with E-state index in [2.05, 4.69) is 10.3 Å². The van der Waals surface area contributed by atoms with E-state index < -0.39 is 5.82 Å². The van der Waals surface area contributed by atoms with Gasteiger partial charge in [-0.15, -0.1) is 5.10 Å². The highest BCUT2D eigenvalue weighted by atomic mass is 35.5. The van der Waals surface area contributed by atoms with Crippen LogP contribution in [0.25, 0.3) is 5.69 Å². The molecule has 1 fully saturated rings. The molecule has 1 saturated carbocycles. The summed E-state index contributed by atoms with van der Waals surface area (Å²) < 4.78 is 14.9. The van der Waals surface area contributed by atoms with Gasteiger partial charge in [0.25, 0.3) is 5.91 Å². The summed E-state index contributed by atoms with van der Waals surface area (Å²) in [6, 6.07) is 4.56. The van der Waals surface area contributed by atoms with Crippen LogP contribution in [0.15, 0.2) is 18.2 Å². The maximum absolute atomic E-state index is 13.4. The van der Waals surface area contributed by atoms with Gasteiger partial charge in [-0.25, -0.2) is 9.07 Å². The molecule has 2 aromatic rings. The summed E-state index contributed by atoms with van der Waals surface area (Å²) in [5.74, 6) is -0.610. The van der Waals surface area contributed by atoms with Gasteiger partial charge in [0, 0.05) is 13.1 Å². The monoisotopic (exact) mass is 378 g/mol. The molecule has 0 aliphatic heterocycles. The van der Waals surface area contributed by atoms with Crippen molar-refractivity contribution in [3.05, 3.63) is 40.4 Å². The second kappa shape index (κ2) is 8.16. The van der Waals surface area contributed by atoms with Crippen molar-refractivity contribution in [1.82, 2.24) is 19.9 Å². The summed E-state index contributed by atoms with van der Waals surface area (Å²) in [5, 5.41) is 8.17. The van der Waals surface area contributed by atoms with Crippen molar-refractivity contribution < 1.29 is 9.18 Å². The summed E-state index contributed by atoms with van der Waals surface area (Å²) >= 11 is 5.85. The van der Waals surface area contributed by atoms with E-state index in [4.69, 9.17) is 11.6 Å². The van der Waals surface area contributed by atoms with Gasteiger partial charge in [-0.1, -0.05) is 48.9 Å². The summed E-state index contributed by atoms with van der Waals surface area (Å²) in [4.78, 5) is 14.8. The molecule has 3 rings (SSSR count). The highest BCUT2D eigenvalue weighted by Crippen LogP contribution is 2.23. The number of carbonyl (C=O) groups excluding carboxylic acids is 1. The molecular formula is C19H24ClFN4O. The molecule has 0 saturated heterocycles. The van der Waals surface area contributed by atoms with Crippen molar-refractivity contribution in [2.45, 2.75) is 57.9 Å². The fourth-order valence-corrected chi connectivity index (χ4v) is 3.72. The molecule has 140 valence electrons. The first-order valence-corrected chi connectivity index (χ1v) is 9.51. The third kappa shape index (κ3) is 3.90. The van der Waals surface area contributed by atoms with Crippen LogP contribution in [0, 0.1) is 12.7 Å². The first kappa shape index (κ1) is 18.8. The molecule has 1 heterocycles. The van der Waals surface area contributed by atoms with Crippen LogP contribution in [-0.4, -0.2) is 38.9 Å². The highest BCUT2D eigenvalue weighted by Gasteiger charge is 2.26. The quantitative estimate of drug-likeness (QED) is 0.787. The molecule has 0 bridgehead atoms. The van der Waals surface area contributed by atoms with E-state index >= 15 is 0 Å². The zero-order valence-electron chi connectivity index (χ0n) is 15.2. The van der Waals surface area contributed by atoms with E-state index in [1.165, 1.54) is 36.1 Å². The van der Waals surface area contributed by atoms with Crippen molar-refractivity contribution >= 4 is 17.5 Å². The molecular weight excluding hydrogens is 355 g/mol. The molecule has 7 heteroatoms. The summed E-state index contributed by atoms with van der Waals surface area (Å²) in [5.41, 5.74) is 1.53. The molecule has 0 spiro atoms. The number of hydrogen-bond donors (Lipinski definition) is 0. The molecule has 0 atom stereocenters. The lowest BCUT2D eigenvalue weighted by molar-refractivity contribution is 0.0700. The molecule has 26 heavy (non-hydrogen) atoms. The minimum Gasteiger partial charge on any atom is -0.337 e. The van der Waals surface area contributed by atoms with E-state index in [-0.39, 0.29) is 17.0 Å².